The van der Waals surface area contributed by atoms with Crippen molar-refractivity contribution in [1.29, 1.82) is 0 Å². The summed E-state index contributed by atoms with van der Waals surface area (Å²) in [5.41, 5.74) is -2.49. The first-order chi connectivity index (χ1) is 14.2. The predicted molar refractivity (Wildman–Crippen MR) is 103 cm³/mol. The first-order valence-electron chi connectivity index (χ1n) is 8.88. The summed E-state index contributed by atoms with van der Waals surface area (Å²) in [5.74, 6) is -4.99. The summed E-state index contributed by atoms with van der Waals surface area (Å²) in [6.07, 6.45) is 3.33. The summed E-state index contributed by atoms with van der Waals surface area (Å²) in [5, 5.41) is 18.6. The highest BCUT2D eigenvalue weighted by Gasteiger charge is 2.54. The fourth-order valence-electron chi connectivity index (χ4n) is 3.58. The number of carbonyl (C=O) groups excluding carboxylic acids is 2. The van der Waals surface area contributed by atoms with Crippen LogP contribution in [0.2, 0.25) is 0 Å². The Morgan fingerprint density at radius 3 is 2.27 bits per heavy atom. The van der Waals surface area contributed by atoms with Crippen molar-refractivity contribution >= 4 is 29.3 Å². The van der Waals surface area contributed by atoms with Gasteiger partial charge in [0.2, 0.25) is 5.67 Å². The van der Waals surface area contributed by atoms with Crippen molar-refractivity contribution in [2.75, 3.05) is 0 Å². The number of benzene rings is 2. The Morgan fingerprint density at radius 2 is 1.63 bits per heavy atom. The third kappa shape index (κ3) is 2.81. The molecule has 2 aliphatic rings. The van der Waals surface area contributed by atoms with Crippen LogP contribution in [0, 0.1) is 0 Å². The van der Waals surface area contributed by atoms with Crippen LogP contribution >= 0.6 is 0 Å². The molecule has 0 fully saturated rings. The van der Waals surface area contributed by atoms with E-state index in [0.29, 0.717) is 16.0 Å². The highest BCUT2D eigenvalue weighted by Crippen LogP contribution is 2.37. The Morgan fingerprint density at radius 1 is 0.967 bits per heavy atom. The van der Waals surface area contributed by atoms with Gasteiger partial charge in [0.1, 0.15) is 6.04 Å². The zero-order valence-corrected chi connectivity index (χ0v) is 15.3. The van der Waals surface area contributed by atoms with E-state index in [1.807, 2.05) is 0 Å². The molecule has 2 unspecified atom stereocenters. The van der Waals surface area contributed by atoms with Crippen LogP contribution in [0.15, 0.2) is 66.8 Å². The Labute approximate surface area is 169 Å². The van der Waals surface area contributed by atoms with E-state index in [-0.39, 0.29) is 16.7 Å². The van der Waals surface area contributed by atoms with E-state index in [1.54, 1.807) is 30.3 Å². The molecule has 2 amide bonds. The molecule has 2 N–H and O–H groups in total. The van der Waals surface area contributed by atoms with Crippen molar-refractivity contribution in [3.05, 3.63) is 89.0 Å². The number of carboxylic acids is 2. The molecule has 0 spiro atoms. The van der Waals surface area contributed by atoms with Crippen LogP contribution in [0.1, 0.15) is 36.6 Å². The zero-order chi connectivity index (χ0) is 21.6. The molecule has 2 aromatic rings. The molecule has 0 saturated carbocycles. The quantitative estimate of drug-likeness (QED) is 0.754. The number of carboxylic acid groups (broad SMARTS) is 2. The second-order valence-corrected chi connectivity index (χ2v) is 6.89. The molecule has 150 valence electrons. The Balaban J connectivity index is 1.83. The van der Waals surface area contributed by atoms with Crippen LogP contribution in [0.3, 0.4) is 0 Å². The number of rotatable bonds is 4. The highest BCUT2D eigenvalue weighted by molar-refractivity contribution is 6.22. The minimum absolute atomic E-state index is 0.109. The van der Waals surface area contributed by atoms with Crippen LogP contribution in [-0.2, 0) is 4.79 Å². The molecule has 0 saturated heterocycles. The summed E-state index contributed by atoms with van der Waals surface area (Å²) >= 11 is 0. The number of alkyl halides is 1. The molecule has 0 aromatic heterocycles. The minimum atomic E-state index is -3.04. The van der Waals surface area contributed by atoms with Gasteiger partial charge < -0.3 is 10.2 Å². The predicted octanol–water partition coefficient (Wildman–Crippen LogP) is 2.80. The van der Waals surface area contributed by atoms with Crippen LogP contribution in [0.4, 0.5) is 4.39 Å². The maximum atomic E-state index is 15.5. The van der Waals surface area contributed by atoms with Gasteiger partial charge in [0.25, 0.3) is 11.8 Å². The molecule has 2 aromatic carbocycles. The molecular formula is C22H14FNO6. The van der Waals surface area contributed by atoms with E-state index in [1.165, 1.54) is 18.2 Å². The van der Waals surface area contributed by atoms with E-state index >= 15 is 4.39 Å². The van der Waals surface area contributed by atoms with E-state index in [4.69, 9.17) is 5.11 Å². The van der Waals surface area contributed by atoms with E-state index < -0.39 is 35.5 Å². The number of aliphatic carboxylic acids is 1. The highest BCUT2D eigenvalue weighted by atomic mass is 19.1. The van der Waals surface area contributed by atoms with Gasteiger partial charge in [0, 0.05) is 0 Å². The molecule has 1 aliphatic carbocycles. The molecule has 0 bridgehead atoms. The van der Waals surface area contributed by atoms with Gasteiger partial charge in [-0.1, -0.05) is 36.4 Å². The lowest BCUT2D eigenvalue weighted by Crippen LogP contribution is -2.55. The number of halogens is 1. The van der Waals surface area contributed by atoms with E-state index in [9.17, 15) is 24.3 Å². The molecule has 1 heterocycles. The number of hydrogen-bond donors (Lipinski definition) is 2. The van der Waals surface area contributed by atoms with Crippen molar-refractivity contribution in [3.63, 3.8) is 0 Å². The fraction of sp³-hybridized carbons (Fsp3) is 0.0909. The normalized spacial score (nSPS) is 22.6. The second-order valence-electron chi connectivity index (χ2n) is 6.89. The molecular weight excluding hydrogens is 393 g/mol. The van der Waals surface area contributed by atoms with Crippen LogP contribution in [-0.4, -0.2) is 50.6 Å². The summed E-state index contributed by atoms with van der Waals surface area (Å²) in [4.78, 5) is 49.3. The standard InChI is InChI=1S/C22H14FNO6/c23-22(21(29)30)9-8-13(12-4-2-1-3-5-12)11-17(22)24-18(25)15-7-6-14(20(27)28)10-16(15)19(24)26/h1-11,17H,(H,27,28)(H,29,30). The van der Waals surface area contributed by atoms with Gasteiger partial charge in [-0.2, -0.15) is 0 Å². The number of fused-ring (bicyclic) bond motifs is 1. The largest absolute Gasteiger partial charge is 0.479 e. The van der Waals surface area contributed by atoms with Crippen molar-refractivity contribution < 1.29 is 33.8 Å². The van der Waals surface area contributed by atoms with E-state index in [2.05, 4.69) is 0 Å². The summed E-state index contributed by atoms with van der Waals surface area (Å²) in [6.45, 7) is 0. The molecule has 1 aliphatic heterocycles. The molecule has 7 nitrogen and oxygen atoms in total. The van der Waals surface area contributed by atoms with E-state index in [0.717, 1.165) is 18.2 Å². The molecule has 8 heteroatoms. The van der Waals surface area contributed by atoms with Gasteiger partial charge in [0.15, 0.2) is 0 Å². The number of aromatic carboxylic acids is 1. The first-order valence-corrected chi connectivity index (χ1v) is 8.88. The number of hydrogen-bond acceptors (Lipinski definition) is 4. The number of nitrogens with zero attached hydrogens (tertiary/aromatic N) is 1. The van der Waals surface area contributed by atoms with Crippen molar-refractivity contribution in [2.45, 2.75) is 11.7 Å². The lowest BCUT2D eigenvalue weighted by Gasteiger charge is -2.34. The number of allylic oxidation sites excluding steroid dienone is 2. The van der Waals surface area contributed by atoms with Crippen LogP contribution in [0.5, 0.6) is 0 Å². The number of amides is 2. The third-order valence-corrected chi connectivity index (χ3v) is 5.15. The van der Waals surface area contributed by atoms with Gasteiger partial charge in [-0.15, -0.1) is 0 Å². The fourth-order valence-corrected chi connectivity index (χ4v) is 3.58. The Hall–Kier alpha value is -4.07. The van der Waals surface area contributed by atoms with Crippen molar-refractivity contribution in [1.82, 2.24) is 4.90 Å². The molecule has 0 radical (unpaired) electrons. The van der Waals surface area contributed by atoms with Crippen LogP contribution in [0.25, 0.3) is 5.57 Å². The summed E-state index contributed by atoms with van der Waals surface area (Å²) in [7, 11) is 0. The van der Waals surface area contributed by atoms with Crippen molar-refractivity contribution in [2.24, 2.45) is 0 Å². The maximum Gasteiger partial charge on any atom is 0.348 e. The SMILES string of the molecule is O=C(O)c1ccc2c(c1)C(=O)N(C1C=C(c3ccccc3)C=CC1(F)C(=O)O)C2=O. The molecule has 4 rings (SSSR count). The average molecular weight is 407 g/mol. The Kier molecular flexibility index (Phi) is 4.34. The van der Waals surface area contributed by atoms with Gasteiger partial charge >= 0.3 is 11.9 Å². The lowest BCUT2D eigenvalue weighted by molar-refractivity contribution is -0.149. The van der Waals surface area contributed by atoms with Crippen molar-refractivity contribution in [3.8, 4) is 0 Å². The summed E-state index contributed by atoms with van der Waals surface area (Å²) in [6, 6.07) is 10.3. The number of imide groups is 1. The van der Waals surface area contributed by atoms with Gasteiger partial charge in [-0.25, -0.2) is 14.0 Å². The van der Waals surface area contributed by atoms with Crippen LogP contribution < -0.4 is 0 Å². The van der Waals surface area contributed by atoms with Gasteiger partial charge in [-0.05, 0) is 41.5 Å². The molecule has 2 atom stereocenters. The molecule has 30 heavy (non-hydrogen) atoms. The number of carbonyl (C=O) groups is 4. The topological polar surface area (TPSA) is 112 Å². The maximum absolute atomic E-state index is 15.5. The smallest absolute Gasteiger partial charge is 0.348 e. The lowest BCUT2D eigenvalue weighted by atomic mass is 9.85. The first kappa shape index (κ1) is 19.3. The third-order valence-electron chi connectivity index (χ3n) is 5.15. The monoisotopic (exact) mass is 407 g/mol. The second kappa shape index (κ2) is 6.77. The van der Waals surface area contributed by atoms with Gasteiger partial charge in [0.05, 0.1) is 16.7 Å². The zero-order valence-electron chi connectivity index (χ0n) is 15.3. The summed E-state index contributed by atoms with van der Waals surface area (Å²) < 4.78 is 15.5. The Bertz CT molecular complexity index is 1170. The van der Waals surface area contributed by atoms with Gasteiger partial charge in [-0.3, -0.25) is 14.5 Å². The average Bonchev–Trinajstić information content (AvgIpc) is 2.98. The minimum Gasteiger partial charge on any atom is -0.479 e.